The number of ketones is 1. The molecular weight excluding hydrogens is 203 g/mol. The first-order valence-corrected chi connectivity index (χ1v) is 5.96. The van der Waals surface area contributed by atoms with Crippen molar-refractivity contribution >= 4 is 5.78 Å². The highest BCUT2D eigenvalue weighted by Gasteiger charge is 2.19. The van der Waals surface area contributed by atoms with Crippen LogP contribution in [0.2, 0.25) is 0 Å². The van der Waals surface area contributed by atoms with Gasteiger partial charge in [-0.2, -0.15) is 0 Å². The molecule has 16 heavy (non-hydrogen) atoms. The Bertz CT molecular complexity index is 392. The maximum Gasteiger partial charge on any atom is 0.163 e. The quantitative estimate of drug-likeness (QED) is 0.706. The van der Waals surface area contributed by atoms with Gasteiger partial charge in [0.05, 0.1) is 0 Å². The lowest BCUT2D eigenvalue weighted by molar-refractivity contribution is 0.0962. The minimum Gasteiger partial charge on any atom is -0.294 e. The highest BCUT2D eigenvalue weighted by Crippen LogP contribution is 2.28. The van der Waals surface area contributed by atoms with Crippen LogP contribution in [-0.2, 0) is 0 Å². The monoisotopic (exact) mass is 220 g/mol. The Labute approximate surface area is 95.7 Å². The summed E-state index contributed by atoms with van der Waals surface area (Å²) in [7, 11) is 0. The maximum absolute atomic E-state index is 13.1. The zero-order valence-corrected chi connectivity index (χ0v) is 9.63. The molecule has 0 N–H and O–H groups in total. The van der Waals surface area contributed by atoms with Crippen molar-refractivity contribution in [1.29, 1.82) is 0 Å². The van der Waals surface area contributed by atoms with Crippen LogP contribution in [0.3, 0.4) is 0 Å². The molecule has 0 amide bonds. The number of hydrogen-bond acceptors (Lipinski definition) is 1. The van der Waals surface area contributed by atoms with Crippen LogP contribution in [-0.4, -0.2) is 5.78 Å². The highest BCUT2D eigenvalue weighted by atomic mass is 19.1. The van der Waals surface area contributed by atoms with Gasteiger partial charge in [-0.1, -0.05) is 25.7 Å². The third-order valence-electron chi connectivity index (χ3n) is 3.43. The minimum atomic E-state index is -0.239. The van der Waals surface area contributed by atoms with Crippen LogP contribution in [0.4, 0.5) is 4.39 Å². The predicted octanol–water partition coefficient (Wildman–Crippen LogP) is 3.90. The molecule has 1 aromatic carbocycles. The second kappa shape index (κ2) is 4.77. The molecule has 1 aliphatic carbocycles. The maximum atomic E-state index is 13.1. The highest BCUT2D eigenvalue weighted by molar-refractivity contribution is 5.96. The number of rotatable bonds is 3. The number of carbonyl (C=O) groups excluding carboxylic acids is 1. The summed E-state index contributed by atoms with van der Waals surface area (Å²) in [5, 5.41) is 0. The van der Waals surface area contributed by atoms with Crippen LogP contribution < -0.4 is 0 Å². The Kier molecular flexibility index (Phi) is 3.37. The van der Waals surface area contributed by atoms with E-state index in [4.69, 9.17) is 0 Å². The molecule has 0 aromatic heterocycles. The first-order valence-electron chi connectivity index (χ1n) is 5.96. The van der Waals surface area contributed by atoms with Gasteiger partial charge >= 0.3 is 0 Å². The van der Waals surface area contributed by atoms with Crippen LogP contribution in [0.5, 0.6) is 0 Å². The van der Waals surface area contributed by atoms with Crippen molar-refractivity contribution in [3.8, 4) is 0 Å². The molecule has 0 radical (unpaired) electrons. The number of benzene rings is 1. The molecule has 1 aromatic rings. The van der Waals surface area contributed by atoms with Crippen molar-refractivity contribution in [3.63, 3.8) is 0 Å². The number of carbonyl (C=O) groups is 1. The van der Waals surface area contributed by atoms with E-state index < -0.39 is 0 Å². The fraction of sp³-hybridized carbons (Fsp3) is 0.500. The van der Waals surface area contributed by atoms with Crippen molar-refractivity contribution in [2.24, 2.45) is 5.92 Å². The number of aryl methyl sites for hydroxylation is 1. The average Bonchev–Trinajstić information content (AvgIpc) is 2.74. The van der Waals surface area contributed by atoms with Gasteiger partial charge in [0.2, 0.25) is 0 Å². The van der Waals surface area contributed by atoms with Crippen LogP contribution >= 0.6 is 0 Å². The fourth-order valence-electron chi connectivity index (χ4n) is 2.41. The lowest BCUT2D eigenvalue weighted by Gasteiger charge is -2.08. The van der Waals surface area contributed by atoms with Crippen LogP contribution in [0, 0.1) is 18.7 Å². The molecule has 0 heterocycles. The summed E-state index contributed by atoms with van der Waals surface area (Å²) in [5.74, 6) is 0.477. The van der Waals surface area contributed by atoms with Gasteiger partial charge < -0.3 is 0 Å². The van der Waals surface area contributed by atoms with Gasteiger partial charge in [0.1, 0.15) is 5.82 Å². The van der Waals surface area contributed by atoms with Crippen molar-refractivity contribution in [1.82, 2.24) is 0 Å². The smallest absolute Gasteiger partial charge is 0.163 e. The van der Waals surface area contributed by atoms with Crippen molar-refractivity contribution in [2.45, 2.75) is 39.0 Å². The van der Waals surface area contributed by atoms with Gasteiger partial charge in [0.25, 0.3) is 0 Å². The molecule has 0 saturated heterocycles. The molecule has 86 valence electrons. The van der Waals surface area contributed by atoms with E-state index in [1.807, 2.05) is 0 Å². The summed E-state index contributed by atoms with van der Waals surface area (Å²) in [6.45, 7) is 1.70. The molecule has 1 nitrogen and oxygen atoms in total. The fourth-order valence-corrected chi connectivity index (χ4v) is 2.41. The van der Waals surface area contributed by atoms with E-state index in [9.17, 15) is 9.18 Å². The normalized spacial score (nSPS) is 16.6. The molecule has 1 aliphatic rings. The van der Waals surface area contributed by atoms with Crippen LogP contribution in [0.15, 0.2) is 18.2 Å². The van der Waals surface area contributed by atoms with Gasteiger partial charge in [0.15, 0.2) is 5.78 Å². The predicted molar refractivity (Wildman–Crippen MR) is 62.0 cm³/mol. The summed E-state index contributed by atoms with van der Waals surface area (Å²) in [4.78, 5) is 11.9. The van der Waals surface area contributed by atoms with E-state index in [0.717, 1.165) is 0 Å². The number of hydrogen-bond donors (Lipinski definition) is 0. The zero-order chi connectivity index (χ0) is 11.5. The molecule has 1 saturated carbocycles. The van der Waals surface area contributed by atoms with Gasteiger partial charge in [-0.3, -0.25) is 4.79 Å². The van der Waals surface area contributed by atoms with E-state index >= 15 is 0 Å². The SMILES string of the molecule is Cc1cc(C(=O)CC2CCCC2)ccc1F. The summed E-state index contributed by atoms with van der Waals surface area (Å²) in [6.07, 6.45) is 5.48. The first-order chi connectivity index (χ1) is 7.66. The Balaban J connectivity index is 2.05. The minimum absolute atomic E-state index is 0.162. The lowest BCUT2D eigenvalue weighted by Crippen LogP contribution is -2.06. The van der Waals surface area contributed by atoms with Crippen molar-refractivity contribution in [3.05, 3.63) is 35.1 Å². The molecule has 2 heteroatoms. The molecular formula is C14H17FO. The molecule has 2 rings (SSSR count). The Hall–Kier alpha value is -1.18. The topological polar surface area (TPSA) is 17.1 Å². The number of Topliss-reactive ketones (excluding diaryl/α,β-unsaturated/α-hetero) is 1. The second-order valence-electron chi connectivity index (χ2n) is 4.74. The van der Waals surface area contributed by atoms with Crippen molar-refractivity contribution < 1.29 is 9.18 Å². The Morgan fingerprint density at radius 3 is 2.69 bits per heavy atom. The largest absolute Gasteiger partial charge is 0.294 e. The summed E-state index contributed by atoms with van der Waals surface area (Å²) in [6, 6.07) is 4.64. The van der Waals surface area contributed by atoms with Gasteiger partial charge in [-0.05, 0) is 36.6 Å². The van der Waals surface area contributed by atoms with E-state index in [1.54, 1.807) is 19.1 Å². The first kappa shape index (κ1) is 11.3. The van der Waals surface area contributed by atoms with Crippen LogP contribution in [0.25, 0.3) is 0 Å². The zero-order valence-electron chi connectivity index (χ0n) is 9.63. The third-order valence-corrected chi connectivity index (χ3v) is 3.43. The van der Waals surface area contributed by atoms with E-state index in [2.05, 4.69) is 0 Å². The Morgan fingerprint density at radius 2 is 2.06 bits per heavy atom. The van der Waals surface area contributed by atoms with Gasteiger partial charge in [0, 0.05) is 12.0 Å². The third kappa shape index (κ3) is 2.49. The molecule has 1 fully saturated rings. The standard InChI is InChI=1S/C14H17FO/c1-10-8-12(6-7-13(10)15)14(16)9-11-4-2-3-5-11/h6-8,11H,2-5,9H2,1H3. The number of halogens is 1. The molecule has 0 spiro atoms. The summed E-state index contributed by atoms with van der Waals surface area (Å²) >= 11 is 0. The van der Waals surface area contributed by atoms with Gasteiger partial charge in [-0.25, -0.2) is 4.39 Å². The van der Waals surface area contributed by atoms with E-state index in [1.165, 1.54) is 31.7 Å². The summed E-state index contributed by atoms with van der Waals surface area (Å²) < 4.78 is 13.1. The van der Waals surface area contributed by atoms with Crippen molar-refractivity contribution in [2.75, 3.05) is 0 Å². The Morgan fingerprint density at radius 1 is 1.38 bits per heavy atom. The second-order valence-corrected chi connectivity index (χ2v) is 4.74. The summed E-state index contributed by atoms with van der Waals surface area (Å²) in [5.41, 5.74) is 1.21. The van der Waals surface area contributed by atoms with Gasteiger partial charge in [-0.15, -0.1) is 0 Å². The average molecular weight is 220 g/mol. The van der Waals surface area contributed by atoms with Crippen LogP contribution in [0.1, 0.15) is 48.0 Å². The molecule has 0 aliphatic heterocycles. The molecule has 0 bridgehead atoms. The van der Waals surface area contributed by atoms with E-state index in [-0.39, 0.29) is 11.6 Å². The van der Waals surface area contributed by atoms with E-state index in [0.29, 0.717) is 23.5 Å². The molecule has 0 atom stereocenters. The lowest BCUT2D eigenvalue weighted by atomic mass is 9.96. The molecule has 0 unspecified atom stereocenters.